The van der Waals surface area contributed by atoms with E-state index in [2.05, 4.69) is 15.6 Å². The van der Waals surface area contributed by atoms with Crippen molar-refractivity contribution in [3.63, 3.8) is 0 Å². The molecule has 3 N–H and O–H groups in total. The number of piperidine rings is 1. The second-order valence-electron chi connectivity index (χ2n) is 6.03. The molecular formula is C15H23N5O2. The Balaban J connectivity index is 2.28. The molecule has 7 nitrogen and oxygen atoms in total. The number of likely N-dealkylation sites (tertiary alicyclic amines) is 1. The van der Waals surface area contributed by atoms with Crippen molar-refractivity contribution < 1.29 is 9.59 Å². The van der Waals surface area contributed by atoms with Gasteiger partial charge in [0.15, 0.2) is 11.4 Å². The SMILES string of the molecule is CC(C)Cc1cc(C(=O)N2CCCCC2)nnc1C(=O)NN. The van der Waals surface area contributed by atoms with Crippen molar-refractivity contribution in [2.45, 2.75) is 39.5 Å². The highest BCUT2D eigenvalue weighted by molar-refractivity contribution is 5.95. The predicted molar refractivity (Wildman–Crippen MR) is 82.0 cm³/mol. The lowest BCUT2D eigenvalue weighted by atomic mass is 10.0. The third-order valence-corrected chi connectivity index (χ3v) is 3.71. The van der Waals surface area contributed by atoms with Crippen LogP contribution >= 0.6 is 0 Å². The Morgan fingerprint density at radius 1 is 1.27 bits per heavy atom. The maximum Gasteiger partial charge on any atom is 0.285 e. The topological polar surface area (TPSA) is 101 Å². The summed E-state index contributed by atoms with van der Waals surface area (Å²) in [5.74, 6) is 4.90. The molecule has 1 saturated heterocycles. The number of aromatic nitrogens is 2. The molecule has 7 heteroatoms. The lowest BCUT2D eigenvalue weighted by Crippen LogP contribution is -2.37. The molecule has 2 amide bonds. The fourth-order valence-corrected chi connectivity index (χ4v) is 2.65. The molecular weight excluding hydrogens is 282 g/mol. The molecule has 0 unspecified atom stereocenters. The first-order valence-corrected chi connectivity index (χ1v) is 7.69. The number of rotatable bonds is 4. The predicted octanol–water partition coefficient (Wildman–Crippen LogP) is 0.905. The number of carbonyl (C=O) groups is 2. The third-order valence-electron chi connectivity index (χ3n) is 3.71. The highest BCUT2D eigenvalue weighted by Crippen LogP contribution is 2.16. The van der Waals surface area contributed by atoms with Gasteiger partial charge in [-0.15, -0.1) is 10.2 Å². The second-order valence-corrected chi connectivity index (χ2v) is 6.03. The van der Waals surface area contributed by atoms with E-state index in [0.29, 0.717) is 23.6 Å². The zero-order chi connectivity index (χ0) is 16.1. The van der Waals surface area contributed by atoms with E-state index >= 15 is 0 Å². The lowest BCUT2D eigenvalue weighted by molar-refractivity contribution is 0.0716. The molecule has 1 fully saturated rings. The number of carbonyl (C=O) groups excluding carboxylic acids is 2. The molecule has 1 aromatic heterocycles. The molecule has 2 rings (SSSR count). The molecule has 1 aliphatic heterocycles. The molecule has 1 aromatic rings. The first-order chi connectivity index (χ1) is 10.5. The van der Waals surface area contributed by atoms with Gasteiger partial charge in [0.1, 0.15) is 0 Å². The molecule has 0 aliphatic carbocycles. The highest BCUT2D eigenvalue weighted by atomic mass is 16.2. The standard InChI is InChI=1S/C15H23N5O2/c1-10(2)8-11-9-12(18-19-13(11)14(21)17-16)15(22)20-6-4-3-5-7-20/h9-10H,3-8,16H2,1-2H3,(H,17,21). The van der Waals surface area contributed by atoms with Crippen LogP contribution in [0.15, 0.2) is 6.07 Å². The Morgan fingerprint density at radius 3 is 2.55 bits per heavy atom. The molecule has 22 heavy (non-hydrogen) atoms. The zero-order valence-electron chi connectivity index (χ0n) is 13.1. The highest BCUT2D eigenvalue weighted by Gasteiger charge is 2.22. The van der Waals surface area contributed by atoms with Gasteiger partial charge in [0.05, 0.1) is 0 Å². The number of hydrazine groups is 1. The first-order valence-electron chi connectivity index (χ1n) is 7.69. The summed E-state index contributed by atoms with van der Waals surface area (Å²) in [7, 11) is 0. The van der Waals surface area contributed by atoms with Crippen molar-refractivity contribution in [2.75, 3.05) is 13.1 Å². The van der Waals surface area contributed by atoms with E-state index in [1.54, 1.807) is 11.0 Å². The van der Waals surface area contributed by atoms with Crippen molar-refractivity contribution in [1.29, 1.82) is 0 Å². The summed E-state index contributed by atoms with van der Waals surface area (Å²) in [6, 6.07) is 1.68. The largest absolute Gasteiger partial charge is 0.337 e. The van der Waals surface area contributed by atoms with Gasteiger partial charge >= 0.3 is 0 Å². The minimum absolute atomic E-state index is 0.114. The van der Waals surface area contributed by atoms with Crippen LogP contribution in [0.5, 0.6) is 0 Å². The average molecular weight is 305 g/mol. The Morgan fingerprint density at radius 2 is 1.95 bits per heavy atom. The van der Waals surface area contributed by atoms with E-state index in [1.807, 2.05) is 13.8 Å². The summed E-state index contributed by atoms with van der Waals surface area (Å²) in [5, 5.41) is 7.86. The van der Waals surface area contributed by atoms with Crippen molar-refractivity contribution >= 4 is 11.8 Å². The van der Waals surface area contributed by atoms with E-state index in [4.69, 9.17) is 5.84 Å². The lowest BCUT2D eigenvalue weighted by Gasteiger charge is -2.26. The summed E-state index contributed by atoms with van der Waals surface area (Å²) in [6.45, 7) is 5.59. The Labute approximate surface area is 130 Å². The molecule has 0 radical (unpaired) electrons. The van der Waals surface area contributed by atoms with Gasteiger partial charge in [-0.1, -0.05) is 13.8 Å². The molecule has 0 saturated carbocycles. The number of hydrogen-bond acceptors (Lipinski definition) is 5. The molecule has 0 bridgehead atoms. The molecule has 120 valence electrons. The molecule has 0 spiro atoms. The Hall–Kier alpha value is -2.02. The number of amides is 2. The smallest absolute Gasteiger partial charge is 0.285 e. The number of nitrogen functional groups attached to an aromatic ring is 1. The molecule has 0 aromatic carbocycles. The van der Waals surface area contributed by atoms with Gasteiger partial charge < -0.3 is 4.90 Å². The second kappa shape index (κ2) is 7.31. The van der Waals surface area contributed by atoms with E-state index < -0.39 is 5.91 Å². The molecule has 1 aliphatic rings. The number of nitrogens with two attached hydrogens (primary N) is 1. The van der Waals surface area contributed by atoms with Gasteiger partial charge in [0, 0.05) is 13.1 Å². The number of nitrogens with zero attached hydrogens (tertiary/aromatic N) is 3. The van der Waals surface area contributed by atoms with Crippen LogP contribution in [0.2, 0.25) is 0 Å². The summed E-state index contributed by atoms with van der Waals surface area (Å²) < 4.78 is 0. The number of nitrogens with one attached hydrogen (secondary N) is 1. The first kappa shape index (κ1) is 16.4. The van der Waals surface area contributed by atoms with Crippen LogP contribution < -0.4 is 11.3 Å². The van der Waals surface area contributed by atoms with E-state index in [1.165, 1.54) is 0 Å². The van der Waals surface area contributed by atoms with Crippen LogP contribution in [0.4, 0.5) is 0 Å². The number of hydrogen-bond donors (Lipinski definition) is 2. The Bertz CT molecular complexity index is 553. The maximum absolute atomic E-state index is 12.5. The van der Waals surface area contributed by atoms with E-state index in [9.17, 15) is 9.59 Å². The minimum Gasteiger partial charge on any atom is -0.337 e. The van der Waals surface area contributed by atoms with Gasteiger partial charge in [-0.05, 0) is 43.2 Å². The Kier molecular flexibility index (Phi) is 5.43. The van der Waals surface area contributed by atoms with Gasteiger partial charge in [-0.3, -0.25) is 15.0 Å². The zero-order valence-corrected chi connectivity index (χ0v) is 13.1. The van der Waals surface area contributed by atoms with Gasteiger partial charge in [0.25, 0.3) is 11.8 Å². The van der Waals surface area contributed by atoms with Gasteiger partial charge in [-0.2, -0.15) is 0 Å². The van der Waals surface area contributed by atoms with Crippen molar-refractivity contribution in [3.8, 4) is 0 Å². The van der Waals surface area contributed by atoms with E-state index in [0.717, 1.165) is 32.4 Å². The quantitative estimate of drug-likeness (QED) is 0.489. The molecule has 2 heterocycles. The van der Waals surface area contributed by atoms with Crippen LogP contribution in [0.25, 0.3) is 0 Å². The van der Waals surface area contributed by atoms with Crippen LogP contribution in [0.3, 0.4) is 0 Å². The van der Waals surface area contributed by atoms with Crippen molar-refractivity contribution in [2.24, 2.45) is 11.8 Å². The maximum atomic E-state index is 12.5. The van der Waals surface area contributed by atoms with Gasteiger partial charge in [0.2, 0.25) is 0 Å². The normalized spacial score (nSPS) is 15.0. The fourth-order valence-electron chi connectivity index (χ4n) is 2.65. The third kappa shape index (κ3) is 3.79. The minimum atomic E-state index is -0.486. The summed E-state index contributed by atoms with van der Waals surface area (Å²) in [4.78, 5) is 26.1. The summed E-state index contributed by atoms with van der Waals surface area (Å²) in [5.41, 5.74) is 3.26. The monoisotopic (exact) mass is 305 g/mol. The van der Waals surface area contributed by atoms with Crippen LogP contribution in [-0.4, -0.2) is 40.0 Å². The average Bonchev–Trinajstić information content (AvgIpc) is 2.53. The van der Waals surface area contributed by atoms with Crippen molar-refractivity contribution in [3.05, 3.63) is 23.0 Å². The van der Waals surface area contributed by atoms with Crippen molar-refractivity contribution in [1.82, 2.24) is 20.5 Å². The molecule has 0 atom stereocenters. The summed E-state index contributed by atoms with van der Waals surface area (Å²) >= 11 is 0. The van der Waals surface area contributed by atoms with E-state index in [-0.39, 0.29) is 11.6 Å². The van der Waals surface area contributed by atoms with Crippen LogP contribution in [0.1, 0.15) is 59.7 Å². The van der Waals surface area contributed by atoms with Crippen LogP contribution in [-0.2, 0) is 6.42 Å². The summed E-state index contributed by atoms with van der Waals surface area (Å²) in [6.07, 6.45) is 3.83. The fraction of sp³-hybridized carbons (Fsp3) is 0.600. The van der Waals surface area contributed by atoms with Gasteiger partial charge in [-0.25, -0.2) is 5.84 Å². The van der Waals surface area contributed by atoms with Crippen LogP contribution in [0, 0.1) is 5.92 Å².